The molecule has 1 aromatic heterocycles. The molecule has 18 heavy (non-hydrogen) atoms. The highest BCUT2D eigenvalue weighted by Gasteiger charge is 2.32. The zero-order valence-corrected chi connectivity index (χ0v) is 10.5. The summed E-state index contributed by atoms with van der Waals surface area (Å²) in [5.41, 5.74) is 0. The Kier molecular flexibility index (Phi) is 3.27. The third kappa shape index (κ3) is 2.53. The first-order valence-corrected chi connectivity index (χ1v) is 6.66. The van der Waals surface area contributed by atoms with E-state index in [9.17, 15) is 4.79 Å². The van der Waals surface area contributed by atoms with Crippen molar-refractivity contribution < 1.29 is 4.79 Å². The van der Waals surface area contributed by atoms with Gasteiger partial charge in [-0.05, 0) is 12.8 Å². The summed E-state index contributed by atoms with van der Waals surface area (Å²) >= 11 is 0. The minimum atomic E-state index is 0.179. The van der Waals surface area contributed by atoms with Gasteiger partial charge in [0, 0.05) is 32.2 Å². The summed E-state index contributed by atoms with van der Waals surface area (Å²) in [6.07, 6.45) is 6.80. The maximum Gasteiger partial charge on any atom is 0.224 e. The lowest BCUT2D eigenvalue weighted by atomic mass is 9.99. The van der Waals surface area contributed by atoms with E-state index in [1.165, 1.54) is 6.42 Å². The second kappa shape index (κ2) is 5.06. The van der Waals surface area contributed by atoms with Crippen LogP contribution in [0.1, 0.15) is 19.3 Å². The molecule has 98 valence electrons. The molecule has 3 rings (SSSR count). The number of hydrogen-bond acceptors (Lipinski definition) is 4. The number of fused-ring (bicyclic) bond motifs is 3. The molecule has 2 atom stereocenters. The predicted molar refractivity (Wildman–Crippen MR) is 65.7 cm³/mol. The van der Waals surface area contributed by atoms with Gasteiger partial charge in [0.2, 0.25) is 5.91 Å². The molecule has 2 bridgehead atoms. The van der Waals surface area contributed by atoms with E-state index in [0.29, 0.717) is 6.04 Å². The zero-order valence-electron chi connectivity index (χ0n) is 10.5. The molecule has 0 spiro atoms. The van der Waals surface area contributed by atoms with Gasteiger partial charge in [0.25, 0.3) is 0 Å². The van der Waals surface area contributed by atoms with Gasteiger partial charge in [0.05, 0.1) is 5.92 Å². The molecule has 2 aliphatic heterocycles. The van der Waals surface area contributed by atoms with E-state index in [0.717, 1.165) is 39.0 Å². The molecule has 0 unspecified atom stereocenters. The minimum Gasteiger partial charge on any atom is -0.352 e. The summed E-state index contributed by atoms with van der Waals surface area (Å²) in [4.78, 5) is 14.3. The average molecular weight is 249 g/mol. The number of likely N-dealkylation sites (tertiary alicyclic amines) is 1. The van der Waals surface area contributed by atoms with Crippen molar-refractivity contribution in [2.45, 2.75) is 31.8 Å². The van der Waals surface area contributed by atoms with Crippen molar-refractivity contribution in [2.75, 3.05) is 19.6 Å². The van der Waals surface area contributed by atoms with Crippen LogP contribution in [0.4, 0.5) is 0 Å². The molecule has 2 aliphatic rings. The number of rotatable bonds is 3. The fourth-order valence-corrected chi connectivity index (χ4v) is 2.92. The van der Waals surface area contributed by atoms with E-state index >= 15 is 0 Å². The van der Waals surface area contributed by atoms with Crippen molar-refractivity contribution in [1.82, 2.24) is 25.0 Å². The summed E-state index contributed by atoms with van der Waals surface area (Å²) in [6.45, 7) is 3.72. The highest BCUT2D eigenvalue weighted by Crippen LogP contribution is 2.21. The second-order valence-electron chi connectivity index (χ2n) is 5.29. The number of hydrogen-bond donors (Lipinski definition) is 1. The van der Waals surface area contributed by atoms with Crippen molar-refractivity contribution >= 4 is 5.91 Å². The number of nitrogens with one attached hydrogen (secondary N) is 1. The summed E-state index contributed by atoms with van der Waals surface area (Å²) in [6, 6.07) is 0.339. The Morgan fingerprint density at radius 1 is 1.22 bits per heavy atom. The molecule has 0 saturated carbocycles. The monoisotopic (exact) mass is 249 g/mol. The fraction of sp³-hybridized carbons (Fsp3) is 0.750. The van der Waals surface area contributed by atoms with Gasteiger partial charge >= 0.3 is 0 Å². The van der Waals surface area contributed by atoms with Gasteiger partial charge in [-0.1, -0.05) is 6.42 Å². The molecule has 2 fully saturated rings. The Morgan fingerprint density at radius 2 is 2.06 bits per heavy atom. The highest BCUT2D eigenvalue weighted by atomic mass is 16.2. The summed E-state index contributed by atoms with van der Waals surface area (Å²) in [7, 11) is 0. The first-order valence-electron chi connectivity index (χ1n) is 6.66. The number of carbonyl (C=O) groups is 1. The normalized spacial score (nSPS) is 28.8. The van der Waals surface area contributed by atoms with Crippen molar-refractivity contribution in [3.05, 3.63) is 12.7 Å². The fourth-order valence-electron chi connectivity index (χ4n) is 2.92. The molecule has 6 nitrogen and oxygen atoms in total. The lowest BCUT2D eigenvalue weighted by Crippen LogP contribution is -2.39. The summed E-state index contributed by atoms with van der Waals surface area (Å²) in [5, 5.41) is 10.8. The number of amides is 1. The maximum atomic E-state index is 11.9. The predicted octanol–water partition coefficient (Wildman–Crippen LogP) is -0.121. The van der Waals surface area contributed by atoms with Gasteiger partial charge in [-0.25, -0.2) is 0 Å². The van der Waals surface area contributed by atoms with Crippen LogP contribution in [0.15, 0.2) is 12.7 Å². The van der Waals surface area contributed by atoms with E-state index < -0.39 is 0 Å². The first-order chi connectivity index (χ1) is 8.81. The quantitative estimate of drug-likeness (QED) is 0.811. The highest BCUT2D eigenvalue weighted by molar-refractivity contribution is 5.79. The Morgan fingerprint density at radius 3 is 2.89 bits per heavy atom. The van der Waals surface area contributed by atoms with Crippen molar-refractivity contribution in [3.63, 3.8) is 0 Å². The molecule has 2 saturated heterocycles. The molecule has 0 aliphatic carbocycles. The molecule has 6 heteroatoms. The number of aromatic nitrogens is 3. The van der Waals surface area contributed by atoms with Crippen LogP contribution in [0, 0.1) is 5.92 Å². The Hall–Kier alpha value is -1.43. The lowest BCUT2D eigenvalue weighted by molar-refractivity contribution is -0.124. The molecule has 0 aromatic carbocycles. The number of carbonyl (C=O) groups excluding carboxylic acids is 1. The lowest BCUT2D eigenvalue weighted by Gasteiger charge is -2.27. The van der Waals surface area contributed by atoms with Crippen LogP contribution in [-0.4, -0.2) is 51.2 Å². The smallest absolute Gasteiger partial charge is 0.224 e. The third-order valence-electron chi connectivity index (χ3n) is 3.92. The van der Waals surface area contributed by atoms with Gasteiger partial charge in [-0.15, -0.1) is 10.2 Å². The average Bonchev–Trinajstić information content (AvgIpc) is 2.72. The molecule has 1 amide bonds. The third-order valence-corrected chi connectivity index (χ3v) is 3.92. The van der Waals surface area contributed by atoms with Gasteiger partial charge in [0.15, 0.2) is 0 Å². The SMILES string of the molecule is O=C1N[C@H]2CCC[C@@H]1CN(CCn1cnnc1)C2. The summed E-state index contributed by atoms with van der Waals surface area (Å²) < 4.78 is 1.98. The first kappa shape index (κ1) is 11.6. The summed E-state index contributed by atoms with van der Waals surface area (Å²) in [5.74, 6) is 0.433. The molecular formula is C12H19N5O. The van der Waals surface area contributed by atoms with E-state index in [-0.39, 0.29) is 11.8 Å². The Bertz CT molecular complexity index is 405. The molecule has 0 radical (unpaired) electrons. The van der Waals surface area contributed by atoms with Gasteiger partial charge in [-0.2, -0.15) is 0 Å². The maximum absolute atomic E-state index is 11.9. The molecular weight excluding hydrogens is 230 g/mol. The molecule has 3 heterocycles. The van der Waals surface area contributed by atoms with Crippen molar-refractivity contribution in [2.24, 2.45) is 5.92 Å². The topological polar surface area (TPSA) is 63.1 Å². The van der Waals surface area contributed by atoms with Crippen LogP contribution in [0.2, 0.25) is 0 Å². The van der Waals surface area contributed by atoms with Gasteiger partial charge < -0.3 is 9.88 Å². The van der Waals surface area contributed by atoms with Crippen LogP contribution in [0.5, 0.6) is 0 Å². The van der Waals surface area contributed by atoms with Crippen LogP contribution in [-0.2, 0) is 11.3 Å². The van der Waals surface area contributed by atoms with Gasteiger partial charge in [-0.3, -0.25) is 9.69 Å². The van der Waals surface area contributed by atoms with Crippen molar-refractivity contribution in [1.29, 1.82) is 0 Å². The van der Waals surface area contributed by atoms with Crippen LogP contribution < -0.4 is 5.32 Å². The van der Waals surface area contributed by atoms with Crippen LogP contribution in [0.25, 0.3) is 0 Å². The Balaban J connectivity index is 1.61. The van der Waals surface area contributed by atoms with E-state index in [2.05, 4.69) is 20.4 Å². The Labute approximate surface area is 106 Å². The molecule has 1 N–H and O–H groups in total. The van der Waals surface area contributed by atoms with Crippen molar-refractivity contribution in [3.8, 4) is 0 Å². The minimum absolute atomic E-state index is 0.179. The van der Waals surface area contributed by atoms with E-state index in [1.807, 2.05) is 4.57 Å². The molecule has 1 aromatic rings. The van der Waals surface area contributed by atoms with Gasteiger partial charge in [0.1, 0.15) is 12.7 Å². The van der Waals surface area contributed by atoms with Crippen LogP contribution >= 0.6 is 0 Å². The van der Waals surface area contributed by atoms with Crippen LogP contribution in [0.3, 0.4) is 0 Å². The second-order valence-corrected chi connectivity index (χ2v) is 5.29. The van der Waals surface area contributed by atoms with E-state index in [1.54, 1.807) is 12.7 Å². The largest absolute Gasteiger partial charge is 0.352 e. The standard InChI is InChI=1S/C12H19N5O/c18-12-10-2-1-3-11(15-12)7-16(6-10)4-5-17-8-13-14-9-17/h8-11H,1-7H2,(H,15,18)/t10-,11+/m1/s1. The zero-order chi connectivity index (χ0) is 12.4. The number of nitrogens with zero attached hydrogens (tertiary/aromatic N) is 4. The van der Waals surface area contributed by atoms with E-state index in [4.69, 9.17) is 0 Å².